The summed E-state index contributed by atoms with van der Waals surface area (Å²) < 4.78 is 17.2. The Kier molecular flexibility index (Phi) is 3.34. The minimum absolute atomic E-state index is 0.0433. The molecule has 2 aromatic heterocycles. The van der Waals surface area contributed by atoms with E-state index in [1.54, 1.807) is 7.11 Å². The Hall–Kier alpha value is -3.39. The van der Waals surface area contributed by atoms with Gasteiger partial charge in [0.15, 0.2) is 5.72 Å². The molecule has 1 unspecified atom stereocenters. The Labute approximate surface area is 194 Å². The van der Waals surface area contributed by atoms with Crippen LogP contribution in [-0.2, 0) is 21.7 Å². The van der Waals surface area contributed by atoms with Gasteiger partial charge in [-0.3, -0.25) is 4.79 Å². The lowest BCUT2D eigenvalue weighted by molar-refractivity contribution is -0.278. The number of benzene rings is 3. The van der Waals surface area contributed by atoms with Gasteiger partial charge in [0.25, 0.3) is 5.91 Å². The number of aliphatic hydroxyl groups is 1. The zero-order valence-electron chi connectivity index (χ0n) is 18.8. The predicted molar refractivity (Wildman–Crippen MR) is 129 cm³/mol. The van der Waals surface area contributed by atoms with Gasteiger partial charge in [-0.25, -0.2) is 0 Å². The fourth-order valence-corrected chi connectivity index (χ4v) is 7.03. The molecule has 7 heteroatoms. The standard InChI is InChI=1S/C27H23N3O4/c1-27-25(33-2)18(31)11-19(34-27)29-16-9-5-3-7-13(16)20-15-12-28-26(32)22(15)21-14-8-4-6-10-17(14)30(27)24(21)23(20)29/h3-10,18-19,25,31H,11-12H2,1-2H3,(H,28,32)/t18-,19?,25-,27+/m0/s1. The molecule has 4 atom stereocenters. The van der Waals surface area contributed by atoms with Gasteiger partial charge in [-0.15, -0.1) is 0 Å². The maximum Gasteiger partial charge on any atom is 0.252 e. The van der Waals surface area contributed by atoms with Gasteiger partial charge in [-0.1, -0.05) is 36.4 Å². The molecule has 5 aromatic rings. The van der Waals surface area contributed by atoms with Crippen molar-refractivity contribution in [3.05, 3.63) is 59.7 Å². The van der Waals surface area contributed by atoms with Gasteiger partial charge < -0.3 is 29.0 Å². The van der Waals surface area contributed by atoms with Crippen LogP contribution in [0, 0.1) is 0 Å². The van der Waals surface area contributed by atoms with Crippen LogP contribution in [0.25, 0.3) is 43.6 Å². The number of aromatic nitrogens is 2. The molecule has 8 rings (SSSR count). The SMILES string of the molecule is CO[C@H]1[C@@H](O)CC2O[C@@]1(C)n1c3ccccc3c3c4c(c5c6ccccc6n2c5c31)CNC4=O. The summed E-state index contributed by atoms with van der Waals surface area (Å²) >= 11 is 0. The molecule has 3 aliphatic heterocycles. The van der Waals surface area contributed by atoms with E-state index in [9.17, 15) is 9.90 Å². The fraction of sp³-hybridized carbons (Fsp3) is 0.296. The van der Waals surface area contributed by atoms with Crippen molar-refractivity contribution in [1.82, 2.24) is 14.5 Å². The lowest BCUT2D eigenvalue weighted by atomic mass is 9.95. The molecule has 2 bridgehead atoms. The molecule has 0 aliphatic carbocycles. The molecule has 0 saturated carbocycles. The van der Waals surface area contributed by atoms with E-state index in [0.29, 0.717) is 13.0 Å². The van der Waals surface area contributed by atoms with Crippen LogP contribution in [0.15, 0.2) is 48.5 Å². The van der Waals surface area contributed by atoms with E-state index >= 15 is 0 Å². The third kappa shape index (κ3) is 1.92. The van der Waals surface area contributed by atoms with Gasteiger partial charge >= 0.3 is 0 Å². The Balaban J connectivity index is 1.75. The monoisotopic (exact) mass is 453 g/mol. The average Bonchev–Trinajstić information content (AvgIpc) is 3.46. The summed E-state index contributed by atoms with van der Waals surface area (Å²) in [5.41, 5.74) is 4.83. The third-order valence-electron chi connectivity index (χ3n) is 8.20. The lowest BCUT2D eigenvalue weighted by Gasteiger charge is -2.46. The summed E-state index contributed by atoms with van der Waals surface area (Å²) in [5.74, 6) is -0.0433. The van der Waals surface area contributed by atoms with Gasteiger partial charge in [-0.05, 0) is 24.6 Å². The number of carbonyl (C=O) groups is 1. The van der Waals surface area contributed by atoms with Gasteiger partial charge in [0.1, 0.15) is 12.3 Å². The number of nitrogens with one attached hydrogen (secondary N) is 1. The summed E-state index contributed by atoms with van der Waals surface area (Å²) in [7, 11) is 1.62. The minimum atomic E-state index is -0.977. The molecule has 0 spiro atoms. The molecule has 2 N–H and O–H groups in total. The first kappa shape index (κ1) is 19.0. The molecule has 0 radical (unpaired) electrons. The third-order valence-corrected chi connectivity index (χ3v) is 8.20. The highest BCUT2D eigenvalue weighted by Crippen LogP contribution is 2.53. The second kappa shape index (κ2) is 5.99. The molecular formula is C27H23N3O4. The van der Waals surface area contributed by atoms with Crippen LogP contribution < -0.4 is 5.32 Å². The first-order valence-electron chi connectivity index (χ1n) is 11.7. The van der Waals surface area contributed by atoms with Crippen molar-refractivity contribution in [1.29, 1.82) is 0 Å². The van der Waals surface area contributed by atoms with Gasteiger partial charge in [0.2, 0.25) is 0 Å². The molecule has 3 aliphatic rings. The summed E-state index contributed by atoms with van der Waals surface area (Å²) in [6.45, 7) is 2.50. The average molecular weight is 453 g/mol. The van der Waals surface area contributed by atoms with Crippen molar-refractivity contribution in [3.63, 3.8) is 0 Å². The number of aliphatic hydroxyl groups excluding tert-OH is 1. The predicted octanol–water partition coefficient (Wildman–Crippen LogP) is 4.13. The maximum absolute atomic E-state index is 13.3. The number of para-hydroxylation sites is 2. The quantitative estimate of drug-likeness (QED) is 0.400. The maximum atomic E-state index is 13.3. The van der Waals surface area contributed by atoms with E-state index in [1.165, 1.54) is 0 Å². The van der Waals surface area contributed by atoms with Gasteiger partial charge in [-0.2, -0.15) is 0 Å². The normalized spacial score (nSPS) is 27.7. The molecule has 5 heterocycles. The largest absolute Gasteiger partial charge is 0.390 e. The Bertz CT molecular complexity index is 1730. The van der Waals surface area contributed by atoms with Crippen LogP contribution in [0.3, 0.4) is 0 Å². The first-order valence-corrected chi connectivity index (χ1v) is 11.7. The van der Waals surface area contributed by atoms with Crippen LogP contribution in [-0.4, -0.2) is 39.5 Å². The number of ether oxygens (including phenoxy) is 2. The summed E-state index contributed by atoms with van der Waals surface area (Å²) in [6.07, 6.45) is -1.25. The molecule has 3 aromatic carbocycles. The van der Waals surface area contributed by atoms with Gasteiger partial charge in [0, 0.05) is 41.6 Å². The summed E-state index contributed by atoms with van der Waals surface area (Å²) in [5, 5.41) is 18.5. The van der Waals surface area contributed by atoms with Crippen molar-refractivity contribution in [2.75, 3.05) is 7.11 Å². The fourth-order valence-electron chi connectivity index (χ4n) is 7.03. The summed E-state index contributed by atoms with van der Waals surface area (Å²) in [6, 6.07) is 16.4. The highest BCUT2D eigenvalue weighted by atomic mass is 16.6. The lowest BCUT2D eigenvalue weighted by Crippen LogP contribution is -2.56. The molecule has 7 nitrogen and oxygen atoms in total. The van der Waals surface area contributed by atoms with Crippen LogP contribution in [0.4, 0.5) is 0 Å². The Morgan fingerprint density at radius 3 is 2.53 bits per heavy atom. The van der Waals surface area contributed by atoms with Crippen molar-refractivity contribution < 1.29 is 19.4 Å². The molecule has 170 valence electrons. The molecule has 34 heavy (non-hydrogen) atoms. The van der Waals surface area contributed by atoms with E-state index in [-0.39, 0.29) is 12.1 Å². The number of nitrogens with zero attached hydrogens (tertiary/aromatic N) is 2. The summed E-state index contributed by atoms with van der Waals surface area (Å²) in [4.78, 5) is 13.3. The number of fused-ring (bicyclic) bond motifs is 13. The highest BCUT2D eigenvalue weighted by molar-refractivity contribution is 6.31. The first-order chi connectivity index (χ1) is 16.5. The zero-order valence-corrected chi connectivity index (χ0v) is 18.8. The van der Waals surface area contributed by atoms with Crippen molar-refractivity contribution >= 4 is 49.5 Å². The van der Waals surface area contributed by atoms with E-state index < -0.39 is 17.9 Å². The topological polar surface area (TPSA) is 77.7 Å². The minimum Gasteiger partial charge on any atom is -0.390 e. The number of amides is 1. The number of carbonyl (C=O) groups excluding carboxylic acids is 1. The number of hydrogen-bond acceptors (Lipinski definition) is 4. The second-order valence-corrected chi connectivity index (χ2v) is 9.81. The van der Waals surface area contributed by atoms with Crippen molar-refractivity contribution in [3.8, 4) is 0 Å². The van der Waals surface area contributed by atoms with E-state index in [4.69, 9.17) is 9.47 Å². The highest BCUT2D eigenvalue weighted by Gasteiger charge is 2.53. The molecule has 1 amide bonds. The Morgan fingerprint density at radius 2 is 1.76 bits per heavy atom. The zero-order chi connectivity index (χ0) is 22.9. The number of hydrogen-bond donors (Lipinski definition) is 2. The number of methoxy groups -OCH3 is 1. The van der Waals surface area contributed by atoms with Crippen LogP contribution >= 0.6 is 0 Å². The molecule has 1 saturated heterocycles. The van der Waals surface area contributed by atoms with Crippen molar-refractivity contribution in [2.24, 2.45) is 0 Å². The van der Waals surface area contributed by atoms with Crippen LogP contribution in [0.5, 0.6) is 0 Å². The van der Waals surface area contributed by atoms with Crippen LogP contribution in [0.1, 0.15) is 35.5 Å². The van der Waals surface area contributed by atoms with Gasteiger partial charge in [0.05, 0.1) is 33.7 Å². The second-order valence-electron chi connectivity index (χ2n) is 9.81. The van der Waals surface area contributed by atoms with E-state index in [1.807, 2.05) is 31.2 Å². The van der Waals surface area contributed by atoms with Crippen molar-refractivity contribution in [2.45, 2.75) is 44.1 Å². The molecule has 1 fully saturated rings. The van der Waals surface area contributed by atoms with Crippen LogP contribution in [0.2, 0.25) is 0 Å². The molecular weight excluding hydrogens is 430 g/mol. The Morgan fingerprint density at radius 1 is 1.06 bits per heavy atom. The smallest absolute Gasteiger partial charge is 0.252 e. The van der Waals surface area contributed by atoms with E-state index in [2.05, 4.69) is 38.7 Å². The number of rotatable bonds is 1. The van der Waals surface area contributed by atoms with E-state index in [0.717, 1.165) is 54.7 Å².